The van der Waals surface area contributed by atoms with Gasteiger partial charge in [-0.05, 0) is 79.1 Å². The molecule has 0 spiro atoms. The first-order valence-corrected chi connectivity index (χ1v) is 11.0. The van der Waals surface area contributed by atoms with E-state index in [0.29, 0.717) is 11.8 Å². The number of benzene rings is 2. The van der Waals surface area contributed by atoms with Gasteiger partial charge in [0.2, 0.25) is 0 Å². The van der Waals surface area contributed by atoms with Crippen LogP contribution in [0.4, 0.5) is 0 Å². The van der Waals surface area contributed by atoms with Crippen molar-refractivity contribution in [2.24, 2.45) is 11.8 Å². The van der Waals surface area contributed by atoms with Crippen molar-refractivity contribution in [3.8, 4) is 5.75 Å². The number of aromatic nitrogens is 1. The summed E-state index contributed by atoms with van der Waals surface area (Å²) in [5.41, 5.74) is 4.95. The Hall–Kier alpha value is -2.24. The second-order valence-electron chi connectivity index (χ2n) is 8.47. The fourth-order valence-electron chi connectivity index (χ4n) is 5.36. The molecule has 4 nitrogen and oxygen atoms in total. The molecular weight excluding hydrogens is 428 g/mol. The molecule has 5 heteroatoms. The Morgan fingerprint density at radius 3 is 2.83 bits per heavy atom. The number of aliphatic hydroxyl groups is 1. The number of fused-ring (bicyclic) bond motifs is 4. The van der Waals surface area contributed by atoms with Crippen LogP contribution in [0.3, 0.4) is 0 Å². The number of likely N-dealkylation sites (tertiary alicyclic amines) is 1. The lowest BCUT2D eigenvalue weighted by molar-refractivity contribution is 0.0716. The van der Waals surface area contributed by atoms with E-state index < -0.39 is 0 Å². The maximum atomic E-state index is 10.4. The topological polar surface area (TPSA) is 59.5 Å². The van der Waals surface area contributed by atoms with Gasteiger partial charge in [-0.3, -0.25) is 4.90 Å². The van der Waals surface area contributed by atoms with E-state index in [0.717, 1.165) is 42.4 Å². The van der Waals surface area contributed by atoms with E-state index in [2.05, 4.69) is 50.6 Å². The van der Waals surface area contributed by atoms with Crippen LogP contribution in [0.2, 0.25) is 0 Å². The van der Waals surface area contributed by atoms with Gasteiger partial charge < -0.3 is 15.2 Å². The zero-order valence-corrected chi connectivity index (χ0v) is 17.8. The molecule has 1 saturated heterocycles. The first-order chi connectivity index (χ1) is 14.0. The number of H-pyrrole nitrogens is 1. The average Bonchev–Trinajstić information content (AvgIpc) is 3.03. The molecule has 0 radical (unpaired) electrons. The Morgan fingerprint density at radius 1 is 1.17 bits per heavy atom. The number of hydrogen-bond donors (Lipinski definition) is 3. The Morgan fingerprint density at radius 2 is 2.03 bits per heavy atom. The molecule has 150 valence electrons. The van der Waals surface area contributed by atoms with Crippen LogP contribution in [0.1, 0.15) is 29.3 Å². The molecule has 2 heterocycles. The van der Waals surface area contributed by atoms with Gasteiger partial charge in [-0.15, -0.1) is 0 Å². The largest absolute Gasteiger partial charge is 0.511 e. The summed E-state index contributed by atoms with van der Waals surface area (Å²) in [7, 11) is 0. The van der Waals surface area contributed by atoms with Crippen LogP contribution in [-0.2, 0) is 12.8 Å². The highest BCUT2D eigenvalue weighted by Gasteiger charge is 2.38. The minimum Gasteiger partial charge on any atom is -0.511 e. The van der Waals surface area contributed by atoms with E-state index in [1.807, 2.05) is 12.1 Å². The maximum absolute atomic E-state index is 10.4. The van der Waals surface area contributed by atoms with Crippen LogP contribution in [0.25, 0.3) is 10.9 Å². The smallest absolute Gasteiger partial charge is 0.115 e. The van der Waals surface area contributed by atoms with Gasteiger partial charge in [0.05, 0.1) is 6.04 Å². The van der Waals surface area contributed by atoms with E-state index in [1.165, 1.54) is 22.2 Å². The molecule has 0 saturated carbocycles. The summed E-state index contributed by atoms with van der Waals surface area (Å²) >= 11 is 3.61. The number of halogens is 1. The normalized spacial score (nSPS) is 22.8. The Labute approximate surface area is 179 Å². The number of rotatable bonds is 3. The lowest BCUT2D eigenvalue weighted by atomic mass is 9.73. The van der Waals surface area contributed by atoms with Crippen molar-refractivity contribution in [2.75, 3.05) is 13.1 Å². The monoisotopic (exact) mass is 452 g/mol. The number of piperidine rings is 1. The molecule has 29 heavy (non-hydrogen) atoms. The fraction of sp³-hybridized carbons (Fsp3) is 0.333. The first-order valence-electron chi connectivity index (χ1n) is 10.2. The van der Waals surface area contributed by atoms with Gasteiger partial charge in [0.25, 0.3) is 0 Å². The van der Waals surface area contributed by atoms with Gasteiger partial charge in [0.15, 0.2) is 0 Å². The highest BCUT2D eigenvalue weighted by molar-refractivity contribution is 9.10. The van der Waals surface area contributed by atoms with Crippen LogP contribution in [0.5, 0.6) is 5.75 Å². The number of aliphatic hydroxyl groups excluding tert-OH is 1. The van der Waals surface area contributed by atoms with Gasteiger partial charge >= 0.3 is 0 Å². The molecule has 1 aliphatic heterocycles. The predicted molar refractivity (Wildman–Crippen MR) is 119 cm³/mol. The molecule has 1 aliphatic carbocycles. The quantitative estimate of drug-likeness (QED) is 0.460. The van der Waals surface area contributed by atoms with Gasteiger partial charge in [0, 0.05) is 27.6 Å². The van der Waals surface area contributed by atoms with Gasteiger partial charge in [-0.2, -0.15) is 0 Å². The van der Waals surface area contributed by atoms with Crippen LogP contribution in [-0.4, -0.2) is 33.2 Å². The SMILES string of the molecule is C=C(O)C(c1cccc(O)c1)N1CCC2Cc3[nH]c4ccc(Br)cc4c3CC2C1. The number of hydrogen-bond acceptors (Lipinski definition) is 3. The summed E-state index contributed by atoms with van der Waals surface area (Å²) in [5, 5.41) is 21.6. The minimum atomic E-state index is -0.276. The molecule has 5 rings (SSSR count). The number of phenolic OH excluding ortho intramolecular Hbond substituents is 1. The molecule has 1 fully saturated rings. The third-order valence-electron chi connectivity index (χ3n) is 6.68. The zero-order chi connectivity index (χ0) is 20.1. The van der Waals surface area contributed by atoms with Crippen LogP contribution in [0, 0.1) is 11.8 Å². The first kappa shape index (κ1) is 18.8. The third kappa shape index (κ3) is 3.36. The Kier molecular flexibility index (Phi) is 4.67. The summed E-state index contributed by atoms with van der Waals surface area (Å²) in [4.78, 5) is 5.97. The molecule has 3 aromatic rings. The molecule has 2 aliphatic rings. The van der Waals surface area contributed by atoms with Crippen molar-refractivity contribution in [1.82, 2.24) is 9.88 Å². The van der Waals surface area contributed by atoms with Gasteiger partial charge in [-0.25, -0.2) is 0 Å². The predicted octanol–water partition coefficient (Wildman–Crippen LogP) is 5.49. The average molecular weight is 453 g/mol. The lowest BCUT2D eigenvalue weighted by Gasteiger charge is -2.44. The lowest BCUT2D eigenvalue weighted by Crippen LogP contribution is -2.45. The third-order valence-corrected chi connectivity index (χ3v) is 7.17. The van der Waals surface area contributed by atoms with Crippen molar-refractivity contribution in [1.29, 1.82) is 0 Å². The Bertz CT molecular complexity index is 1090. The Balaban J connectivity index is 1.44. The standard InChI is InChI=1S/C24H25BrN2O2/c1-14(28)24(16-3-2-4-19(29)9-16)27-8-7-15-11-23-20(10-17(15)13-27)21-12-18(25)5-6-22(21)26-23/h2-6,9,12,15,17,24,26,28-29H,1,7-8,10-11,13H2. The molecular formula is C24H25BrN2O2. The van der Waals surface area contributed by atoms with Crippen molar-refractivity contribution in [2.45, 2.75) is 25.3 Å². The van der Waals surface area contributed by atoms with E-state index in [-0.39, 0.29) is 17.6 Å². The van der Waals surface area contributed by atoms with Gasteiger partial charge in [-0.1, -0.05) is 34.6 Å². The molecule has 3 unspecified atom stereocenters. The highest BCUT2D eigenvalue weighted by Crippen LogP contribution is 2.42. The van der Waals surface area contributed by atoms with E-state index in [1.54, 1.807) is 12.1 Å². The van der Waals surface area contributed by atoms with Crippen molar-refractivity contribution >= 4 is 26.8 Å². The number of nitrogens with zero attached hydrogens (tertiary/aromatic N) is 1. The number of phenols is 1. The van der Waals surface area contributed by atoms with Crippen molar-refractivity contribution in [3.05, 3.63) is 76.1 Å². The summed E-state index contributed by atoms with van der Waals surface area (Å²) in [5.74, 6) is 1.57. The summed E-state index contributed by atoms with van der Waals surface area (Å²) in [6, 6.07) is 13.3. The molecule has 0 amide bonds. The molecule has 0 bridgehead atoms. The van der Waals surface area contributed by atoms with Crippen molar-refractivity contribution in [3.63, 3.8) is 0 Å². The summed E-state index contributed by atoms with van der Waals surface area (Å²) < 4.78 is 1.11. The second-order valence-corrected chi connectivity index (χ2v) is 9.39. The molecule has 1 aromatic heterocycles. The molecule has 3 atom stereocenters. The molecule has 2 aromatic carbocycles. The molecule has 3 N–H and O–H groups in total. The summed E-state index contributed by atoms with van der Waals surface area (Å²) in [6.45, 7) is 5.68. The summed E-state index contributed by atoms with van der Waals surface area (Å²) in [6.07, 6.45) is 3.25. The van der Waals surface area contributed by atoms with E-state index >= 15 is 0 Å². The maximum Gasteiger partial charge on any atom is 0.115 e. The second kappa shape index (κ2) is 7.22. The fourth-order valence-corrected chi connectivity index (χ4v) is 5.72. The number of aromatic amines is 1. The number of aromatic hydroxyl groups is 1. The van der Waals surface area contributed by atoms with Gasteiger partial charge in [0.1, 0.15) is 11.5 Å². The van der Waals surface area contributed by atoms with Crippen LogP contribution >= 0.6 is 15.9 Å². The van der Waals surface area contributed by atoms with Crippen LogP contribution < -0.4 is 0 Å². The van der Waals surface area contributed by atoms with Crippen LogP contribution in [0.15, 0.2) is 59.3 Å². The number of nitrogens with one attached hydrogen (secondary N) is 1. The van der Waals surface area contributed by atoms with E-state index in [9.17, 15) is 10.2 Å². The van der Waals surface area contributed by atoms with Crippen molar-refractivity contribution < 1.29 is 10.2 Å². The minimum absolute atomic E-state index is 0.140. The zero-order valence-electron chi connectivity index (χ0n) is 16.2. The highest BCUT2D eigenvalue weighted by atomic mass is 79.9. The van der Waals surface area contributed by atoms with E-state index in [4.69, 9.17) is 0 Å².